The van der Waals surface area contributed by atoms with Crippen molar-refractivity contribution in [3.8, 4) is 0 Å². The maximum Gasteiger partial charge on any atom is 0.306 e. The largest absolute Gasteiger partial charge is 0.469 e. The lowest BCUT2D eigenvalue weighted by Crippen LogP contribution is -2.13. The molecule has 7 nitrogen and oxygen atoms in total. The Balaban J connectivity index is 2.19. The van der Waals surface area contributed by atoms with Crippen LogP contribution in [0.25, 0.3) is 11.0 Å². The summed E-state index contributed by atoms with van der Waals surface area (Å²) in [5, 5.41) is 0.549. The fraction of sp³-hybridized carbons (Fsp3) is 0.188. The van der Waals surface area contributed by atoms with E-state index in [4.69, 9.17) is 22.1 Å². The number of carbonyl (C=O) groups excluding carboxylic acids is 1. The van der Waals surface area contributed by atoms with Crippen LogP contribution in [0.2, 0.25) is 5.02 Å². The van der Waals surface area contributed by atoms with Crippen LogP contribution < -0.4 is 11.3 Å². The van der Waals surface area contributed by atoms with Gasteiger partial charge < -0.3 is 15.5 Å². The summed E-state index contributed by atoms with van der Waals surface area (Å²) in [6, 6.07) is 7.17. The number of carbonyl (C=O) groups is 1. The van der Waals surface area contributed by atoms with Crippen LogP contribution in [0.4, 0.5) is 5.95 Å². The molecule has 24 heavy (non-hydrogen) atoms. The Hall–Kier alpha value is -2.80. The Morgan fingerprint density at radius 3 is 2.96 bits per heavy atom. The standard InChI is InChI=1S/C16H15ClN4O3/c1-24-12(22)6-10(8-3-2-4-9(17)5-8)11-7-19-14-13(11)20-16(18)21-15(14)23/h2-5,7,10,19H,6H2,1H3,(H3,18,20,21,23). The molecular weight excluding hydrogens is 332 g/mol. The molecule has 124 valence electrons. The summed E-state index contributed by atoms with van der Waals surface area (Å²) in [5.41, 5.74) is 7.50. The maximum absolute atomic E-state index is 12.0. The van der Waals surface area contributed by atoms with Crippen molar-refractivity contribution in [2.45, 2.75) is 12.3 Å². The summed E-state index contributed by atoms with van der Waals surface area (Å²) < 4.78 is 4.79. The number of anilines is 1. The molecule has 0 amide bonds. The molecule has 1 aromatic carbocycles. The van der Waals surface area contributed by atoms with Crippen molar-refractivity contribution in [3.63, 3.8) is 0 Å². The number of nitrogens with zero attached hydrogens (tertiary/aromatic N) is 1. The van der Waals surface area contributed by atoms with E-state index < -0.39 is 0 Å². The molecule has 0 radical (unpaired) electrons. The first kappa shape index (κ1) is 16.1. The van der Waals surface area contributed by atoms with Gasteiger partial charge in [-0.2, -0.15) is 0 Å². The minimum atomic E-state index is -0.382. The van der Waals surface area contributed by atoms with Crippen LogP contribution >= 0.6 is 11.6 Å². The third kappa shape index (κ3) is 2.98. The molecule has 0 aliphatic rings. The number of esters is 1. The number of nitrogen functional groups attached to an aromatic ring is 1. The Kier molecular flexibility index (Phi) is 4.26. The SMILES string of the molecule is COC(=O)CC(c1cccc(Cl)c1)c1c[nH]c2c(=O)[nH]c(N)nc12. The van der Waals surface area contributed by atoms with Crippen molar-refractivity contribution in [1.82, 2.24) is 15.0 Å². The molecule has 0 spiro atoms. The van der Waals surface area contributed by atoms with Crippen molar-refractivity contribution >= 4 is 34.6 Å². The Labute approximate surface area is 141 Å². The Bertz CT molecular complexity index is 963. The highest BCUT2D eigenvalue weighted by atomic mass is 35.5. The first-order chi connectivity index (χ1) is 11.5. The van der Waals surface area contributed by atoms with Crippen LogP contribution in [-0.4, -0.2) is 28.0 Å². The summed E-state index contributed by atoms with van der Waals surface area (Å²) >= 11 is 6.07. The Morgan fingerprint density at radius 1 is 1.46 bits per heavy atom. The minimum Gasteiger partial charge on any atom is -0.469 e. The van der Waals surface area contributed by atoms with Gasteiger partial charge in [0.05, 0.1) is 13.5 Å². The number of nitrogens with two attached hydrogens (primary N) is 1. The van der Waals surface area contributed by atoms with Crippen molar-refractivity contribution in [3.05, 3.63) is 57.0 Å². The predicted molar refractivity (Wildman–Crippen MR) is 91.1 cm³/mol. The highest BCUT2D eigenvalue weighted by Gasteiger charge is 2.24. The molecule has 2 aromatic heterocycles. The second-order valence-electron chi connectivity index (χ2n) is 5.31. The zero-order valence-electron chi connectivity index (χ0n) is 12.8. The van der Waals surface area contributed by atoms with Gasteiger partial charge in [-0.05, 0) is 17.7 Å². The van der Waals surface area contributed by atoms with Gasteiger partial charge in [-0.15, -0.1) is 0 Å². The Morgan fingerprint density at radius 2 is 2.25 bits per heavy atom. The number of hydrogen-bond acceptors (Lipinski definition) is 5. The molecule has 0 aliphatic heterocycles. The molecule has 0 bridgehead atoms. The first-order valence-corrected chi connectivity index (χ1v) is 7.56. The van der Waals surface area contributed by atoms with Crippen molar-refractivity contribution < 1.29 is 9.53 Å². The number of hydrogen-bond donors (Lipinski definition) is 3. The number of fused-ring (bicyclic) bond motifs is 1. The molecule has 0 saturated heterocycles. The summed E-state index contributed by atoms with van der Waals surface area (Å²) in [4.78, 5) is 33.4. The third-order valence-electron chi connectivity index (χ3n) is 3.81. The fourth-order valence-electron chi connectivity index (χ4n) is 2.70. The molecule has 3 aromatic rings. The molecule has 4 N–H and O–H groups in total. The molecule has 3 rings (SSSR count). The van der Waals surface area contributed by atoms with Crippen LogP contribution in [0, 0.1) is 0 Å². The van der Waals surface area contributed by atoms with Gasteiger partial charge >= 0.3 is 5.97 Å². The smallest absolute Gasteiger partial charge is 0.306 e. The number of methoxy groups -OCH3 is 1. The van der Waals surface area contributed by atoms with E-state index >= 15 is 0 Å². The summed E-state index contributed by atoms with van der Waals surface area (Å²) in [5.74, 6) is -0.748. The van der Waals surface area contributed by atoms with Gasteiger partial charge in [0.25, 0.3) is 5.56 Å². The van der Waals surface area contributed by atoms with Crippen molar-refractivity contribution in [2.24, 2.45) is 0 Å². The number of H-pyrrole nitrogens is 2. The second-order valence-corrected chi connectivity index (χ2v) is 5.74. The monoisotopic (exact) mass is 346 g/mol. The number of aromatic nitrogens is 3. The lowest BCUT2D eigenvalue weighted by Gasteiger charge is -2.16. The van der Waals surface area contributed by atoms with Gasteiger partial charge in [-0.3, -0.25) is 14.6 Å². The zero-order valence-corrected chi connectivity index (χ0v) is 13.6. The van der Waals surface area contributed by atoms with E-state index in [-0.39, 0.29) is 29.8 Å². The fourth-order valence-corrected chi connectivity index (χ4v) is 2.90. The van der Waals surface area contributed by atoms with E-state index in [0.29, 0.717) is 21.6 Å². The van der Waals surface area contributed by atoms with Gasteiger partial charge in [0.15, 0.2) is 0 Å². The van der Waals surface area contributed by atoms with Crippen molar-refractivity contribution in [1.29, 1.82) is 0 Å². The molecule has 8 heteroatoms. The third-order valence-corrected chi connectivity index (χ3v) is 4.04. The van der Waals surface area contributed by atoms with Crippen molar-refractivity contribution in [2.75, 3.05) is 12.8 Å². The quantitative estimate of drug-likeness (QED) is 0.626. The number of ether oxygens (including phenoxy) is 1. The lowest BCUT2D eigenvalue weighted by molar-refractivity contribution is -0.140. The van der Waals surface area contributed by atoms with Crippen LogP contribution in [0.5, 0.6) is 0 Å². The van der Waals surface area contributed by atoms with E-state index in [1.165, 1.54) is 7.11 Å². The molecular formula is C16H15ClN4O3. The minimum absolute atomic E-state index is 0.0104. The second kappa shape index (κ2) is 6.37. The topological polar surface area (TPSA) is 114 Å². The van der Waals surface area contributed by atoms with E-state index in [0.717, 1.165) is 5.56 Å². The molecule has 0 saturated carbocycles. The van der Waals surface area contributed by atoms with Gasteiger partial charge in [0.2, 0.25) is 5.95 Å². The number of rotatable bonds is 4. The maximum atomic E-state index is 12.0. The number of halogens is 1. The van der Waals surface area contributed by atoms with Gasteiger partial charge in [-0.1, -0.05) is 23.7 Å². The number of nitrogens with one attached hydrogen (secondary N) is 2. The average Bonchev–Trinajstić information content (AvgIpc) is 2.96. The van der Waals surface area contributed by atoms with Gasteiger partial charge in [0.1, 0.15) is 11.0 Å². The highest BCUT2D eigenvalue weighted by Crippen LogP contribution is 2.33. The molecule has 2 heterocycles. The number of aromatic amines is 2. The summed E-state index contributed by atoms with van der Waals surface area (Å²) in [7, 11) is 1.33. The van der Waals surface area contributed by atoms with E-state index in [1.54, 1.807) is 24.4 Å². The highest BCUT2D eigenvalue weighted by molar-refractivity contribution is 6.30. The van der Waals surface area contributed by atoms with Gasteiger partial charge in [-0.25, -0.2) is 4.98 Å². The predicted octanol–water partition coefficient (Wildman–Crippen LogP) is 2.18. The average molecular weight is 347 g/mol. The molecule has 1 atom stereocenters. The molecule has 0 aliphatic carbocycles. The van der Waals surface area contributed by atoms with E-state index in [2.05, 4.69) is 15.0 Å². The first-order valence-electron chi connectivity index (χ1n) is 7.18. The van der Waals surface area contributed by atoms with E-state index in [1.807, 2.05) is 6.07 Å². The zero-order chi connectivity index (χ0) is 17.3. The summed E-state index contributed by atoms with van der Waals surface area (Å²) in [6.07, 6.45) is 1.74. The van der Waals surface area contributed by atoms with Crippen LogP contribution in [-0.2, 0) is 9.53 Å². The van der Waals surface area contributed by atoms with E-state index in [9.17, 15) is 9.59 Å². The van der Waals surface area contributed by atoms with Crippen LogP contribution in [0.15, 0.2) is 35.3 Å². The van der Waals surface area contributed by atoms with Gasteiger partial charge in [0, 0.05) is 22.7 Å². The van der Waals surface area contributed by atoms with Crippen LogP contribution in [0.1, 0.15) is 23.5 Å². The summed E-state index contributed by atoms with van der Waals surface area (Å²) in [6.45, 7) is 0. The molecule has 0 fully saturated rings. The molecule has 1 unspecified atom stereocenters. The van der Waals surface area contributed by atoms with Crippen LogP contribution in [0.3, 0.4) is 0 Å². The number of benzene rings is 1. The lowest BCUT2D eigenvalue weighted by atomic mass is 9.89. The normalized spacial score (nSPS) is 12.2.